The molecular formula is C18H29N. The molecule has 1 aromatic rings. The summed E-state index contributed by atoms with van der Waals surface area (Å²) in [6, 6.07) is 9.80. The summed E-state index contributed by atoms with van der Waals surface area (Å²) in [6.45, 7) is 4.56. The fraction of sp³-hybridized carbons (Fsp3) is 0.667. The van der Waals surface area contributed by atoms with Gasteiger partial charge in [-0.3, -0.25) is 0 Å². The molecule has 1 saturated carbocycles. The van der Waals surface area contributed by atoms with E-state index in [-0.39, 0.29) is 0 Å². The smallest absolute Gasteiger partial charge is 0.0342 e. The van der Waals surface area contributed by atoms with Crippen molar-refractivity contribution < 1.29 is 0 Å². The lowest BCUT2D eigenvalue weighted by atomic mass is 9.96. The molecule has 0 bridgehead atoms. The van der Waals surface area contributed by atoms with Gasteiger partial charge >= 0.3 is 0 Å². The second kappa shape index (κ2) is 7.57. The molecule has 2 rings (SSSR count). The lowest BCUT2D eigenvalue weighted by Crippen LogP contribution is -2.20. The van der Waals surface area contributed by atoms with E-state index in [0.29, 0.717) is 12.0 Å². The minimum absolute atomic E-state index is 0.676. The van der Waals surface area contributed by atoms with Crippen LogP contribution in [0.25, 0.3) is 0 Å². The fourth-order valence-electron chi connectivity index (χ4n) is 2.98. The molecule has 19 heavy (non-hydrogen) atoms. The molecule has 0 radical (unpaired) electrons. The molecule has 1 heteroatoms. The van der Waals surface area contributed by atoms with Crippen molar-refractivity contribution in [1.29, 1.82) is 0 Å². The molecule has 1 N–H and O–H groups in total. The highest BCUT2D eigenvalue weighted by atomic mass is 14.9. The van der Waals surface area contributed by atoms with Crippen LogP contribution in [-0.4, -0.2) is 6.04 Å². The van der Waals surface area contributed by atoms with Gasteiger partial charge in [0.15, 0.2) is 0 Å². The normalized spacial score (nSPS) is 19.5. The van der Waals surface area contributed by atoms with Crippen molar-refractivity contribution in [1.82, 2.24) is 0 Å². The van der Waals surface area contributed by atoms with Crippen molar-refractivity contribution in [3.05, 3.63) is 29.8 Å². The first kappa shape index (κ1) is 14.4. The molecule has 1 fully saturated rings. The first-order valence-electron chi connectivity index (χ1n) is 8.16. The van der Waals surface area contributed by atoms with E-state index in [4.69, 9.17) is 0 Å². The Morgan fingerprint density at radius 2 is 1.58 bits per heavy atom. The molecule has 1 aliphatic carbocycles. The Hall–Kier alpha value is -0.980. The Balaban J connectivity index is 1.90. The van der Waals surface area contributed by atoms with E-state index in [1.165, 1.54) is 62.6 Å². The molecule has 0 aromatic heterocycles. The van der Waals surface area contributed by atoms with Gasteiger partial charge in [0.05, 0.1) is 0 Å². The Kier molecular flexibility index (Phi) is 5.75. The molecule has 0 aliphatic heterocycles. The fourth-order valence-corrected chi connectivity index (χ4v) is 2.98. The van der Waals surface area contributed by atoms with Crippen LogP contribution in [0.15, 0.2) is 24.3 Å². The van der Waals surface area contributed by atoms with E-state index < -0.39 is 0 Å². The molecule has 106 valence electrons. The van der Waals surface area contributed by atoms with Gasteiger partial charge in [-0.25, -0.2) is 0 Å². The van der Waals surface area contributed by atoms with Crippen LogP contribution in [-0.2, 0) is 0 Å². The van der Waals surface area contributed by atoms with Crippen LogP contribution in [0.5, 0.6) is 0 Å². The van der Waals surface area contributed by atoms with E-state index in [1.54, 1.807) is 0 Å². The van der Waals surface area contributed by atoms with Crippen molar-refractivity contribution in [2.45, 2.75) is 77.2 Å². The zero-order chi connectivity index (χ0) is 13.5. The molecule has 1 aromatic carbocycles. The van der Waals surface area contributed by atoms with E-state index >= 15 is 0 Å². The highest BCUT2D eigenvalue weighted by Gasteiger charge is 2.11. The number of anilines is 1. The average molecular weight is 259 g/mol. The van der Waals surface area contributed by atoms with Crippen LogP contribution >= 0.6 is 0 Å². The zero-order valence-corrected chi connectivity index (χ0v) is 12.6. The van der Waals surface area contributed by atoms with Gasteiger partial charge in [0.1, 0.15) is 0 Å². The van der Waals surface area contributed by atoms with E-state index in [9.17, 15) is 0 Å². The van der Waals surface area contributed by atoms with E-state index in [2.05, 4.69) is 43.4 Å². The van der Waals surface area contributed by atoms with Gasteiger partial charge in [0.25, 0.3) is 0 Å². The second-order valence-corrected chi connectivity index (χ2v) is 6.12. The maximum Gasteiger partial charge on any atom is 0.0342 e. The third-order valence-electron chi connectivity index (χ3n) is 4.57. The highest BCUT2D eigenvalue weighted by molar-refractivity contribution is 5.46. The largest absolute Gasteiger partial charge is 0.382 e. The number of hydrogen-bond acceptors (Lipinski definition) is 1. The third kappa shape index (κ3) is 4.56. The first-order valence-corrected chi connectivity index (χ1v) is 8.16. The second-order valence-electron chi connectivity index (χ2n) is 6.12. The van der Waals surface area contributed by atoms with E-state index in [1.807, 2.05) is 0 Å². The summed E-state index contributed by atoms with van der Waals surface area (Å²) in [5.74, 6) is 0.676. The summed E-state index contributed by atoms with van der Waals surface area (Å²) in [4.78, 5) is 0. The van der Waals surface area contributed by atoms with Crippen LogP contribution in [0, 0.1) is 0 Å². The van der Waals surface area contributed by atoms with Crippen molar-refractivity contribution >= 4 is 5.69 Å². The molecule has 0 spiro atoms. The van der Waals surface area contributed by atoms with Gasteiger partial charge in [-0.15, -0.1) is 0 Å². The number of rotatable bonds is 4. The van der Waals surface area contributed by atoms with Crippen LogP contribution in [0.2, 0.25) is 0 Å². The summed E-state index contributed by atoms with van der Waals surface area (Å²) in [6.07, 6.45) is 11.0. The quantitative estimate of drug-likeness (QED) is 0.728. The van der Waals surface area contributed by atoms with Gasteiger partial charge in [-0.1, -0.05) is 58.1 Å². The Labute approximate surface area is 118 Å². The molecular weight excluding hydrogens is 230 g/mol. The SMILES string of the molecule is CCC(C)c1ccc(NC2CCCCCCC2)cc1. The Morgan fingerprint density at radius 3 is 2.16 bits per heavy atom. The third-order valence-corrected chi connectivity index (χ3v) is 4.57. The highest BCUT2D eigenvalue weighted by Crippen LogP contribution is 2.23. The maximum atomic E-state index is 3.73. The lowest BCUT2D eigenvalue weighted by Gasteiger charge is -2.22. The van der Waals surface area contributed by atoms with Gasteiger partial charge in [-0.05, 0) is 42.9 Å². The van der Waals surface area contributed by atoms with Crippen LogP contribution in [0.3, 0.4) is 0 Å². The number of nitrogens with one attached hydrogen (secondary N) is 1. The predicted octanol–water partition coefficient (Wildman–Crippen LogP) is 5.72. The van der Waals surface area contributed by atoms with Crippen LogP contribution < -0.4 is 5.32 Å². The number of benzene rings is 1. The molecule has 0 heterocycles. The summed E-state index contributed by atoms with van der Waals surface area (Å²) in [5.41, 5.74) is 2.77. The topological polar surface area (TPSA) is 12.0 Å². The standard InChI is InChI=1S/C18H29N/c1-3-15(2)16-11-13-18(14-12-16)19-17-9-7-5-4-6-8-10-17/h11-15,17,19H,3-10H2,1-2H3. The van der Waals surface area contributed by atoms with Gasteiger partial charge < -0.3 is 5.32 Å². The molecule has 0 amide bonds. The summed E-state index contributed by atoms with van der Waals surface area (Å²) >= 11 is 0. The van der Waals surface area contributed by atoms with E-state index in [0.717, 1.165) is 0 Å². The molecule has 1 nitrogen and oxygen atoms in total. The summed E-state index contributed by atoms with van der Waals surface area (Å²) < 4.78 is 0. The number of hydrogen-bond donors (Lipinski definition) is 1. The summed E-state index contributed by atoms with van der Waals surface area (Å²) in [5, 5.41) is 3.73. The van der Waals surface area contributed by atoms with Crippen molar-refractivity contribution in [2.24, 2.45) is 0 Å². The minimum Gasteiger partial charge on any atom is -0.382 e. The van der Waals surface area contributed by atoms with Crippen molar-refractivity contribution in [2.75, 3.05) is 5.32 Å². The van der Waals surface area contributed by atoms with Crippen LogP contribution in [0.1, 0.15) is 76.7 Å². The van der Waals surface area contributed by atoms with Gasteiger partial charge in [0.2, 0.25) is 0 Å². The first-order chi connectivity index (χ1) is 9.29. The zero-order valence-electron chi connectivity index (χ0n) is 12.6. The van der Waals surface area contributed by atoms with Gasteiger partial charge in [-0.2, -0.15) is 0 Å². The van der Waals surface area contributed by atoms with Crippen molar-refractivity contribution in [3.63, 3.8) is 0 Å². The molecule has 1 unspecified atom stereocenters. The van der Waals surface area contributed by atoms with Gasteiger partial charge in [0, 0.05) is 11.7 Å². The summed E-state index contributed by atoms with van der Waals surface area (Å²) in [7, 11) is 0. The maximum absolute atomic E-state index is 3.73. The molecule has 1 aliphatic rings. The average Bonchev–Trinajstić information content (AvgIpc) is 2.41. The molecule has 1 atom stereocenters. The minimum atomic E-state index is 0.676. The Bertz CT molecular complexity index is 346. The Morgan fingerprint density at radius 1 is 1.00 bits per heavy atom. The molecule has 0 saturated heterocycles. The van der Waals surface area contributed by atoms with Crippen LogP contribution in [0.4, 0.5) is 5.69 Å². The van der Waals surface area contributed by atoms with Crippen molar-refractivity contribution in [3.8, 4) is 0 Å². The predicted molar refractivity (Wildman–Crippen MR) is 84.9 cm³/mol. The lowest BCUT2D eigenvalue weighted by molar-refractivity contribution is 0.471. The monoisotopic (exact) mass is 259 g/mol.